The molecule has 1 aromatic rings. The molecular formula is C12H19NO2S2. The fourth-order valence-electron chi connectivity index (χ4n) is 1.43. The van der Waals surface area contributed by atoms with Crippen LogP contribution >= 0.6 is 11.8 Å². The number of sulfone groups is 1. The van der Waals surface area contributed by atoms with Gasteiger partial charge in [-0.2, -0.15) is 11.8 Å². The van der Waals surface area contributed by atoms with E-state index in [1.54, 1.807) is 12.1 Å². The summed E-state index contributed by atoms with van der Waals surface area (Å²) in [7, 11) is -3.08. The summed E-state index contributed by atoms with van der Waals surface area (Å²) in [5.74, 6) is 1.17. The van der Waals surface area contributed by atoms with Crippen LogP contribution in [0.4, 0.5) is 0 Å². The van der Waals surface area contributed by atoms with Crippen LogP contribution < -0.4 is 5.32 Å². The molecule has 0 spiro atoms. The maximum absolute atomic E-state index is 11.3. The number of nitrogens with one attached hydrogen (secondary N) is 1. The van der Waals surface area contributed by atoms with Crippen LogP contribution in [0.5, 0.6) is 0 Å². The van der Waals surface area contributed by atoms with Crippen LogP contribution in [0, 0.1) is 0 Å². The largest absolute Gasteiger partial charge is 0.313 e. The Morgan fingerprint density at radius 1 is 1.24 bits per heavy atom. The van der Waals surface area contributed by atoms with Gasteiger partial charge < -0.3 is 5.32 Å². The Labute approximate surface area is 108 Å². The standard InChI is InChI=1S/C12H19NO2S2/c1-16-9-3-8-13-10-11-4-6-12(7-5-11)17(2,14)15/h4-7,13H,3,8-10H2,1-2H3. The molecule has 0 aliphatic heterocycles. The summed E-state index contributed by atoms with van der Waals surface area (Å²) in [5.41, 5.74) is 1.11. The van der Waals surface area contributed by atoms with Crippen molar-refractivity contribution in [1.29, 1.82) is 0 Å². The van der Waals surface area contributed by atoms with Crippen LogP contribution in [0.3, 0.4) is 0 Å². The van der Waals surface area contributed by atoms with E-state index in [0.29, 0.717) is 4.90 Å². The summed E-state index contributed by atoms with van der Waals surface area (Å²) in [6.07, 6.45) is 4.48. The fourth-order valence-corrected chi connectivity index (χ4v) is 2.49. The van der Waals surface area contributed by atoms with E-state index in [1.165, 1.54) is 12.0 Å². The van der Waals surface area contributed by atoms with E-state index >= 15 is 0 Å². The highest BCUT2D eigenvalue weighted by Gasteiger charge is 2.05. The van der Waals surface area contributed by atoms with Crippen molar-refractivity contribution in [1.82, 2.24) is 5.32 Å². The van der Waals surface area contributed by atoms with E-state index in [2.05, 4.69) is 11.6 Å². The number of hydrogen-bond acceptors (Lipinski definition) is 4. The summed E-state index contributed by atoms with van der Waals surface area (Å²) in [4.78, 5) is 0.378. The van der Waals surface area contributed by atoms with Gasteiger partial charge in [-0.05, 0) is 42.7 Å². The molecule has 5 heteroatoms. The topological polar surface area (TPSA) is 46.2 Å². The molecular weight excluding hydrogens is 254 g/mol. The second-order valence-corrected chi connectivity index (χ2v) is 6.94. The Balaban J connectivity index is 2.41. The minimum atomic E-state index is -3.08. The second-order valence-electron chi connectivity index (χ2n) is 3.94. The third-order valence-corrected chi connectivity index (χ3v) is 4.21. The van der Waals surface area contributed by atoms with Crippen LogP contribution in [-0.4, -0.2) is 33.2 Å². The van der Waals surface area contributed by atoms with Crippen LogP contribution in [0.2, 0.25) is 0 Å². The van der Waals surface area contributed by atoms with E-state index in [9.17, 15) is 8.42 Å². The van der Waals surface area contributed by atoms with Crippen molar-refractivity contribution in [2.45, 2.75) is 17.9 Å². The van der Waals surface area contributed by atoms with E-state index in [4.69, 9.17) is 0 Å². The van der Waals surface area contributed by atoms with Crippen molar-refractivity contribution in [2.24, 2.45) is 0 Å². The number of hydrogen-bond donors (Lipinski definition) is 1. The van der Waals surface area contributed by atoms with Gasteiger partial charge in [0, 0.05) is 12.8 Å². The van der Waals surface area contributed by atoms with E-state index in [0.717, 1.165) is 25.1 Å². The molecule has 0 aliphatic rings. The van der Waals surface area contributed by atoms with Gasteiger partial charge in [-0.15, -0.1) is 0 Å². The predicted octanol–water partition coefficient (Wildman–Crippen LogP) is 1.93. The molecule has 0 radical (unpaired) electrons. The van der Waals surface area contributed by atoms with Crippen molar-refractivity contribution >= 4 is 21.6 Å². The maximum Gasteiger partial charge on any atom is 0.175 e. The van der Waals surface area contributed by atoms with Crippen LogP contribution in [0.25, 0.3) is 0 Å². The lowest BCUT2D eigenvalue weighted by Crippen LogP contribution is -2.15. The molecule has 1 rings (SSSR count). The normalized spacial score (nSPS) is 11.6. The van der Waals surface area contributed by atoms with Gasteiger partial charge in [0.25, 0.3) is 0 Å². The highest BCUT2D eigenvalue weighted by Crippen LogP contribution is 2.10. The summed E-state index contributed by atoms with van der Waals surface area (Å²) in [5, 5.41) is 3.33. The molecule has 0 fully saturated rings. The Hall–Kier alpha value is -0.520. The second kappa shape index (κ2) is 7.03. The molecule has 0 amide bonds. The zero-order valence-electron chi connectivity index (χ0n) is 10.3. The van der Waals surface area contributed by atoms with Gasteiger partial charge in [-0.25, -0.2) is 8.42 Å². The van der Waals surface area contributed by atoms with Gasteiger partial charge in [0.05, 0.1) is 4.90 Å². The minimum absolute atomic E-state index is 0.378. The number of rotatable bonds is 7. The first-order valence-corrected chi connectivity index (χ1v) is 8.81. The first-order valence-electron chi connectivity index (χ1n) is 5.52. The summed E-state index contributed by atoms with van der Waals surface area (Å²) in [6.45, 7) is 1.78. The molecule has 0 aromatic heterocycles. The highest BCUT2D eigenvalue weighted by atomic mass is 32.2. The number of thioether (sulfide) groups is 1. The molecule has 0 atom stereocenters. The summed E-state index contributed by atoms with van der Waals surface area (Å²) in [6, 6.07) is 7.04. The molecule has 0 aliphatic carbocycles. The van der Waals surface area contributed by atoms with E-state index < -0.39 is 9.84 Å². The van der Waals surface area contributed by atoms with Crippen molar-refractivity contribution < 1.29 is 8.42 Å². The maximum atomic E-state index is 11.3. The monoisotopic (exact) mass is 273 g/mol. The van der Waals surface area contributed by atoms with Crippen LogP contribution in [-0.2, 0) is 16.4 Å². The predicted molar refractivity (Wildman–Crippen MR) is 74.3 cm³/mol. The molecule has 1 N–H and O–H groups in total. The Kier molecular flexibility index (Phi) is 6.02. The smallest absolute Gasteiger partial charge is 0.175 e. The average molecular weight is 273 g/mol. The molecule has 17 heavy (non-hydrogen) atoms. The van der Waals surface area contributed by atoms with Crippen LogP contribution in [0.15, 0.2) is 29.2 Å². The zero-order chi connectivity index (χ0) is 12.7. The van der Waals surface area contributed by atoms with Gasteiger partial charge in [-0.3, -0.25) is 0 Å². The van der Waals surface area contributed by atoms with E-state index in [1.807, 2.05) is 23.9 Å². The molecule has 96 valence electrons. The van der Waals surface area contributed by atoms with Crippen molar-refractivity contribution in [2.75, 3.05) is 24.8 Å². The first-order chi connectivity index (χ1) is 8.04. The molecule has 0 bridgehead atoms. The highest BCUT2D eigenvalue weighted by molar-refractivity contribution is 7.98. The summed E-state index contributed by atoms with van der Waals surface area (Å²) < 4.78 is 22.5. The van der Waals surface area contributed by atoms with E-state index in [-0.39, 0.29) is 0 Å². The fraction of sp³-hybridized carbons (Fsp3) is 0.500. The molecule has 3 nitrogen and oxygen atoms in total. The Bertz CT molecular complexity index is 426. The molecule has 0 heterocycles. The third kappa shape index (κ3) is 5.57. The summed E-state index contributed by atoms with van der Waals surface area (Å²) >= 11 is 1.85. The lowest BCUT2D eigenvalue weighted by atomic mass is 10.2. The van der Waals surface area contributed by atoms with Crippen molar-refractivity contribution in [3.8, 4) is 0 Å². The first kappa shape index (κ1) is 14.5. The molecule has 0 saturated heterocycles. The average Bonchev–Trinajstić information content (AvgIpc) is 2.28. The lowest BCUT2D eigenvalue weighted by molar-refractivity contribution is 0.601. The van der Waals surface area contributed by atoms with Gasteiger partial charge in [0.2, 0.25) is 0 Å². The Morgan fingerprint density at radius 3 is 2.41 bits per heavy atom. The molecule has 0 unspecified atom stereocenters. The number of benzene rings is 1. The van der Waals surface area contributed by atoms with Gasteiger partial charge in [0.15, 0.2) is 9.84 Å². The molecule has 0 saturated carbocycles. The van der Waals surface area contributed by atoms with Gasteiger partial charge in [0.1, 0.15) is 0 Å². The lowest BCUT2D eigenvalue weighted by Gasteiger charge is -2.05. The third-order valence-electron chi connectivity index (χ3n) is 2.38. The quantitative estimate of drug-likeness (QED) is 0.771. The molecule has 1 aromatic carbocycles. The minimum Gasteiger partial charge on any atom is -0.313 e. The SMILES string of the molecule is CSCCCNCc1ccc(S(C)(=O)=O)cc1. The van der Waals surface area contributed by atoms with Crippen LogP contribution in [0.1, 0.15) is 12.0 Å². The van der Waals surface area contributed by atoms with Gasteiger partial charge in [-0.1, -0.05) is 12.1 Å². The zero-order valence-corrected chi connectivity index (χ0v) is 11.9. The van der Waals surface area contributed by atoms with Gasteiger partial charge >= 0.3 is 0 Å². The van der Waals surface area contributed by atoms with Crippen molar-refractivity contribution in [3.05, 3.63) is 29.8 Å². The van der Waals surface area contributed by atoms with Crippen molar-refractivity contribution in [3.63, 3.8) is 0 Å². The Morgan fingerprint density at radius 2 is 1.88 bits per heavy atom.